The van der Waals surface area contributed by atoms with Crippen molar-refractivity contribution in [3.05, 3.63) is 22.4 Å². The van der Waals surface area contributed by atoms with E-state index in [1.54, 1.807) is 0 Å². The molecule has 2 rings (SSSR count). The van der Waals surface area contributed by atoms with Gasteiger partial charge in [0.25, 0.3) is 5.91 Å². The van der Waals surface area contributed by atoms with Gasteiger partial charge in [0.15, 0.2) is 0 Å². The standard InChI is InChI=1S/C13H19N3O2S/c1-14-4-2-12(17)15-5-7-16(8-6-15)13(18)11-3-9-19-10-11/h3,9-10,14H,2,4-8H2,1H3. The quantitative estimate of drug-likeness (QED) is 0.881. The Morgan fingerprint density at radius 2 is 1.95 bits per heavy atom. The van der Waals surface area contributed by atoms with Crippen LogP contribution >= 0.6 is 11.3 Å². The van der Waals surface area contributed by atoms with Crippen LogP contribution in [0.5, 0.6) is 0 Å². The van der Waals surface area contributed by atoms with Crippen molar-refractivity contribution < 1.29 is 9.59 Å². The summed E-state index contributed by atoms with van der Waals surface area (Å²) in [7, 11) is 1.84. The van der Waals surface area contributed by atoms with Crippen LogP contribution in [0.3, 0.4) is 0 Å². The molecule has 104 valence electrons. The summed E-state index contributed by atoms with van der Waals surface area (Å²) in [5.74, 6) is 0.237. The average molecular weight is 281 g/mol. The largest absolute Gasteiger partial charge is 0.339 e. The van der Waals surface area contributed by atoms with Crippen LogP contribution in [0.4, 0.5) is 0 Å². The molecule has 2 heterocycles. The molecule has 0 saturated carbocycles. The van der Waals surface area contributed by atoms with Crippen LogP contribution in [0.2, 0.25) is 0 Å². The Balaban J connectivity index is 1.82. The summed E-state index contributed by atoms with van der Waals surface area (Å²) in [5, 5.41) is 6.75. The minimum absolute atomic E-state index is 0.0728. The third-order valence-electron chi connectivity index (χ3n) is 3.28. The van der Waals surface area contributed by atoms with Crippen molar-refractivity contribution in [2.75, 3.05) is 39.8 Å². The van der Waals surface area contributed by atoms with Crippen molar-refractivity contribution in [1.82, 2.24) is 15.1 Å². The van der Waals surface area contributed by atoms with Gasteiger partial charge in [-0.05, 0) is 18.5 Å². The van der Waals surface area contributed by atoms with Crippen molar-refractivity contribution in [3.63, 3.8) is 0 Å². The van der Waals surface area contributed by atoms with E-state index in [0.29, 0.717) is 39.1 Å². The van der Waals surface area contributed by atoms with Crippen LogP contribution in [0.1, 0.15) is 16.8 Å². The zero-order valence-corrected chi connectivity index (χ0v) is 11.9. The van der Waals surface area contributed by atoms with Crippen molar-refractivity contribution in [3.8, 4) is 0 Å². The van der Waals surface area contributed by atoms with E-state index >= 15 is 0 Å². The van der Waals surface area contributed by atoms with Crippen LogP contribution in [0.25, 0.3) is 0 Å². The Morgan fingerprint density at radius 1 is 1.26 bits per heavy atom. The smallest absolute Gasteiger partial charge is 0.254 e. The number of carbonyl (C=O) groups excluding carboxylic acids is 2. The zero-order chi connectivity index (χ0) is 13.7. The van der Waals surface area contributed by atoms with E-state index in [9.17, 15) is 9.59 Å². The molecule has 19 heavy (non-hydrogen) atoms. The molecule has 1 aromatic rings. The molecule has 1 aromatic heterocycles. The van der Waals surface area contributed by atoms with Gasteiger partial charge in [-0.25, -0.2) is 0 Å². The second kappa shape index (κ2) is 6.68. The highest BCUT2D eigenvalue weighted by molar-refractivity contribution is 7.08. The number of nitrogens with zero attached hydrogens (tertiary/aromatic N) is 2. The maximum absolute atomic E-state index is 12.1. The first-order valence-electron chi connectivity index (χ1n) is 6.46. The van der Waals surface area contributed by atoms with E-state index < -0.39 is 0 Å². The fourth-order valence-corrected chi connectivity index (χ4v) is 2.75. The Morgan fingerprint density at radius 3 is 2.53 bits per heavy atom. The Labute approximate surface area is 117 Å². The van der Waals surface area contributed by atoms with Gasteiger partial charge in [0.05, 0.1) is 5.56 Å². The molecule has 1 aliphatic rings. The van der Waals surface area contributed by atoms with Crippen molar-refractivity contribution in [2.45, 2.75) is 6.42 Å². The third kappa shape index (κ3) is 3.54. The van der Waals surface area contributed by atoms with Gasteiger partial charge in [0, 0.05) is 44.5 Å². The first kappa shape index (κ1) is 14.0. The normalized spacial score (nSPS) is 15.6. The first-order chi connectivity index (χ1) is 9.22. The van der Waals surface area contributed by atoms with Gasteiger partial charge in [0.1, 0.15) is 0 Å². The van der Waals surface area contributed by atoms with Crippen molar-refractivity contribution in [1.29, 1.82) is 0 Å². The van der Waals surface area contributed by atoms with Gasteiger partial charge in [-0.1, -0.05) is 0 Å². The summed E-state index contributed by atoms with van der Waals surface area (Å²) in [6, 6.07) is 1.84. The lowest BCUT2D eigenvalue weighted by molar-refractivity contribution is -0.132. The summed E-state index contributed by atoms with van der Waals surface area (Å²) in [5.41, 5.74) is 0.750. The number of nitrogens with one attached hydrogen (secondary N) is 1. The molecule has 0 aliphatic carbocycles. The van der Waals surface area contributed by atoms with Crippen LogP contribution in [0.15, 0.2) is 16.8 Å². The van der Waals surface area contributed by atoms with E-state index in [2.05, 4.69) is 5.32 Å². The highest BCUT2D eigenvalue weighted by Gasteiger charge is 2.24. The van der Waals surface area contributed by atoms with Gasteiger partial charge in [-0.3, -0.25) is 9.59 Å². The predicted molar refractivity (Wildman–Crippen MR) is 75.3 cm³/mol. The maximum Gasteiger partial charge on any atom is 0.254 e. The molecule has 5 nitrogen and oxygen atoms in total. The molecule has 0 radical (unpaired) electrons. The fourth-order valence-electron chi connectivity index (χ4n) is 2.12. The molecular formula is C13H19N3O2S. The van der Waals surface area contributed by atoms with Crippen LogP contribution in [0, 0.1) is 0 Å². The minimum Gasteiger partial charge on any atom is -0.339 e. The predicted octanol–water partition coefficient (Wildman–Crippen LogP) is 0.642. The lowest BCUT2D eigenvalue weighted by atomic mass is 10.2. The molecule has 0 aromatic carbocycles. The second-order valence-electron chi connectivity index (χ2n) is 4.54. The summed E-state index contributed by atoms with van der Waals surface area (Å²) in [6.45, 7) is 3.23. The molecule has 6 heteroatoms. The van der Waals surface area contributed by atoms with Crippen LogP contribution in [-0.4, -0.2) is 61.4 Å². The third-order valence-corrected chi connectivity index (χ3v) is 3.96. The number of carbonyl (C=O) groups is 2. The van der Waals surface area contributed by atoms with E-state index in [-0.39, 0.29) is 11.8 Å². The maximum atomic E-state index is 12.1. The van der Waals surface area contributed by atoms with E-state index in [4.69, 9.17) is 0 Å². The Kier molecular flexibility index (Phi) is 4.93. The number of hydrogen-bond acceptors (Lipinski definition) is 4. The lowest BCUT2D eigenvalue weighted by Gasteiger charge is -2.34. The molecule has 1 N–H and O–H groups in total. The number of hydrogen-bond donors (Lipinski definition) is 1. The van der Waals surface area contributed by atoms with E-state index in [1.165, 1.54) is 11.3 Å². The molecule has 0 atom stereocenters. The molecule has 0 bridgehead atoms. The van der Waals surface area contributed by atoms with Gasteiger partial charge in [0.2, 0.25) is 5.91 Å². The molecule has 0 unspecified atom stereocenters. The Hall–Kier alpha value is -1.40. The molecular weight excluding hydrogens is 262 g/mol. The lowest BCUT2D eigenvalue weighted by Crippen LogP contribution is -2.50. The molecule has 1 fully saturated rings. The molecule has 0 spiro atoms. The van der Waals surface area contributed by atoms with E-state index in [0.717, 1.165) is 5.56 Å². The number of piperazine rings is 1. The minimum atomic E-state index is 0.0728. The first-order valence-corrected chi connectivity index (χ1v) is 7.40. The number of thiophene rings is 1. The topological polar surface area (TPSA) is 52.7 Å². The van der Waals surface area contributed by atoms with E-state index in [1.807, 2.05) is 33.7 Å². The summed E-state index contributed by atoms with van der Waals surface area (Å²) in [6.07, 6.45) is 0.523. The monoisotopic (exact) mass is 281 g/mol. The average Bonchev–Trinajstić information content (AvgIpc) is 2.98. The van der Waals surface area contributed by atoms with Crippen LogP contribution < -0.4 is 5.32 Å². The Bertz CT molecular complexity index is 425. The molecule has 1 saturated heterocycles. The van der Waals surface area contributed by atoms with Gasteiger partial charge in [-0.15, -0.1) is 0 Å². The van der Waals surface area contributed by atoms with Crippen molar-refractivity contribution >= 4 is 23.2 Å². The van der Waals surface area contributed by atoms with Gasteiger partial charge in [-0.2, -0.15) is 11.3 Å². The summed E-state index contributed by atoms with van der Waals surface area (Å²) in [4.78, 5) is 27.6. The zero-order valence-electron chi connectivity index (χ0n) is 11.1. The fraction of sp³-hybridized carbons (Fsp3) is 0.538. The molecule has 2 amide bonds. The highest BCUT2D eigenvalue weighted by atomic mass is 32.1. The van der Waals surface area contributed by atoms with Crippen molar-refractivity contribution in [2.24, 2.45) is 0 Å². The van der Waals surface area contributed by atoms with Crippen LogP contribution in [-0.2, 0) is 4.79 Å². The summed E-state index contributed by atoms with van der Waals surface area (Å²) < 4.78 is 0. The number of amides is 2. The second-order valence-corrected chi connectivity index (χ2v) is 5.32. The number of rotatable bonds is 4. The van der Waals surface area contributed by atoms with Gasteiger partial charge < -0.3 is 15.1 Å². The van der Waals surface area contributed by atoms with Gasteiger partial charge >= 0.3 is 0 Å². The highest BCUT2D eigenvalue weighted by Crippen LogP contribution is 2.12. The summed E-state index contributed by atoms with van der Waals surface area (Å²) >= 11 is 1.53. The SMILES string of the molecule is CNCCC(=O)N1CCN(C(=O)c2ccsc2)CC1. The molecule has 1 aliphatic heterocycles.